The summed E-state index contributed by atoms with van der Waals surface area (Å²) in [6.07, 6.45) is 6.83. The van der Waals surface area contributed by atoms with E-state index in [2.05, 4.69) is 21.9 Å². The smallest absolute Gasteiger partial charge is 0.225 e. The van der Waals surface area contributed by atoms with Gasteiger partial charge in [-0.15, -0.1) is 0 Å². The highest BCUT2D eigenvalue weighted by molar-refractivity contribution is 5.79. The molecule has 0 atom stereocenters. The first-order valence-electron chi connectivity index (χ1n) is 8.96. The molecule has 0 radical (unpaired) electrons. The van der Waals surface area contributed by atoms with Crippen LogP contribution in [0, 0.1) is 5.92 Å². The number of ether oxygens (including phenoxy) is 1. The average molecular weight is 316 g/mol. The van der Waals surface area contributed by atoms with Gasteiger partial charge in [-0.05, 0) is 37.8 Å². The number of nitrogens with zero attached hydrogens (tertiary/aromatic N) is 2. The fourth-order valence-electron chi connectivity index (χ4n) is 3.74. The van der Waals surface area contributed by atoms with Crippen LogP contribution in [-0.2, 0) is 4.79 Å². The Labute approximate surface area is 139 Å². The number of methoxy groups -OCH3 is 1. The molecule has 0 spiro atoms. The third-order valence-corrected chi connectivity index (χ3v) is 5.18. The lowest BCUT2D eigenvalue weighted by Gasteiger charge is -2.35. The largest absolute Gasteiger partial charge is 0.497 e. The molecule has 2 aliphatic rings. The minimum Gasteiger partial charge on any atom is -0.497 e. The van der Waals surface area contributed by atoms with Crippen LogP contribution < -0.4 is 9.64 Å². The zero-order valence-corrected chi connectivity index (χ0v) is 14.2. The molecule has 2 aliphatic heterocycles. The molecule has 1 aromatic rings. The molecule has 4 heteroatoms. The molecule has 4 nitrogen and oxygen atoms in total. The monoisotopic (exact) mass is 316 g/mol. The second-order valence-electron chi connectivity index (χ2n) is 6.70. The predicted molar refractivity (Wildman–Crippen MR) is 93.0 cm³/mol. The number of piperidine rings is 1. The van der Waals surface area contributed by atoms with Crippen molar-refractivity contribution >= 4 is 11.6 Å². The van der Waals surface area contributed by atoms with Crippen molar-refractivity contribution in [1.82, 2.24) is 4.90 Å². The maximum absolute atomic E-state index is 12.7. The molecule has 2 heterocycles. The summed E-state index contributed by atoms with van der Waals surface area (Å²) in [4.78, 5) is 17.2. The number of hydrogen-bond donors (Lipinski definition) is 0. The van der Waals surface area contributed by atoms with Crippen LogP contribution in [0.15, 0.2) is 24.3 Å². The summed E-state index contributed by atoms with van der Waals surface area (Å²) in [5.41, 5.74) is 1.20. The summed E-state index contributed by atoms with van der Waals surface area (Å²) < 4.78 is 5.31. The Hall–Kier alpha value is -1.71. The summed E-state index contributed by atoms with van der Waals surface area (Å²) in [6.45, 7) is 3.85. The molecular weight excluding hydrogens is 288 g/mol. The zero-order chi connectivity index (χ0) is 16.1. The van der Waals surface area contributed by atoms with E-state index in [4.69, 9.17) is 4.74 Å². The Kier molecular flexibility index (Phi) is 5.42. The van der Waals surface area contributed by atoms with E-state index < -0.39 is 0 Å². The normalized spacial score (nSPS) is 20.2. The van der Waals surface area contributed by atoms with Crippen LogP contribution in [0.3, 0.4) is 0 Å². The van der Waals surface area contributed by atoms with Gasteiger partial charge in [0.2, 0.25) is 5.91 Å². The number of benzene rings is 1. The van der Waals surface area contributed by atoms with Gasteiger partial charge in [0.25, 0.3) is 0 Å². The van der Waals surface area contributed by atoms with Crippen molar-refractivity contribution in [3.05, 3.63) is 24.3 Å². The van der Waals surface area contributed by atoms with Crippen molar-refractivity contribution in [3.63, 3.8) is 0 Å². The Morgan fingerprint density at radius 2 is 1.74 bits per heavy atom. The summed E-state index contributed by atoms with van der Waals surface area (Å²) in [5, 5.41) is 0. The van der Waals surface area contributed by atoms with E-state index in [1.807, 2.05) is 12.1 Å². The predicted octanol–water partition coefficient (Wildman–Crippen LogP) is 3.31. The molecule has 3 rings (SSSR count). The van der Waals surface area contributed by atoms with Gasteiger partial charge in [-0.2, -0.15) is 0 Å². The molecule has 2 fully saturated rings. The van der Waals surface area contributed by atoms with E-state index >= 15 is 0 Å². The lowest BCUT2D eigenvalue weighted by atomic mass is 9.94. The summed E-state index contributed by atoms with van der Waals surface area (Å²) in [7, 11) is 1.70. The quantitative estimate of drug-likeness (QED) is 0.857. The van der Waals surface area contributed by atoms with Gasteiger partial charge in [-0.25, -0.2) is 0 Å². The Bertz CT molecular complexity index is 516. The number of carbonyl (C=O) groups is 1. The van der Waals surface area contributed by atoms with Crippen molar-refractivity contribution in [2.45, 2.75) is 38.5 Å². The van der Waals surface area contributed by atoms with Crippen LogP contribution in [-0.4, -0.2) is 44.1 Å². The summed E-state index contributed by atoms with van der Waals surface area (Å²) in [5.74, 6) is 1.51. The van der Waals surface area contributed by atoms with E-state index in [-0.39, 0.29) is 5.92 Å². The van der Waals surface area contributed by atoms with Crippen LogP contribution in [0.4, 0.5) is 5.69 Å². The number of hydrogen-bond acceptors (Lipinski definition) is 3. The molecule has 0 aromatic heterocycles. The van der Waals surface area contributed by atoms with Crippen LogP contribution in [0.5, 0.6) is 5.75 Å². The molecule has 0 aliphatic carbocycles. The van der Waals surface area contributed by atoms with Crippen LogP contribution >= 0.6 is 0 Å². The summed E-state index contributed by atoms with van der Waals surface area (Å²) >= 11 is 0. The van der Waals surface area contributed by atoms with Gasteiger partial charge in [-0.1, -0.05) is 18.9 Å². The van der Waals surface area contributed by atoms with Gasteiger partial charge in [-0.3, -0.25) is 4.79 Å². The first-order chi connectivity index (χ1) is 11.3. The Morgan fingerprint density at radius 1 is 1.04 bits per heavy atom. The molecule has 23 heavy (non-hydrogen) atoms. The fourth-order valence-corrected chi connectivity index (χ4v) is 3.74. The van der Waals surface area contributed by atoms with E-state index in [1.165, 1.54) is 31.4 Å². The van der Waals surface area contributed by atoms with Gasteiger partial charge in [0.15, 0.2) is 0 Å². The van der Waals surface area contributed by atoms with Gasteiger partial charge in [0, 0.05) is 43.9 Å². The van der Waals surface area contributed by atoms with E-state index in [0.29, 0.717) is 5.91 Å². The highest BCUT2D eigenvalue weighted by Crippen LogP contribution is 2.27. The molecule has 126 valence electrons. The van der Waals surface area contributed by atoms with E-state index in [1.54, 1.807) is 7.11 Å². The third-order valence-electron chi connectivity index (χ3n) is 5.18. The van der Waals surface area contributed by atoms with Crippen molar-refractivity contribution in [2.75, 3.05) is 38.2 Å². The first kappa shape index (κ1) is 16.2. The van der Waals surface area contributed by atoms with Gasteiger partial charge in [0.1, 0.15) is 5.75 Å². The lowest BCUT2D eigenvalue weighted by Crippen LogP contribution is -2.43. The average Bonchev–Trinajstić information content (AvgIpc) is 2.91. The molecule has 0 saturated carbocycles. The number of amides is 1. The van der Waals surface area contributed by atoms with E-state index in [9.17, 15) is 4.79 Å². The first-order valence-corrected chi connectivity index (χ1v) is 8.96. The van der Waals surface area contributed by atoms with Gasteiger partial charge >= 0.3 is 0 Å². The highest BCUT2D eigenvalue weighted by atomic mass is 16.5. The van der Waals surface area contributed by atoms with Crippen molar-refractivity contribution < 1.29 is 9.53 Å². The minimum absolute atomic E-state index is 0.218. The van der Waals surface area contributed by atoms with Crippen molar-refractivity contribution in [2.24, 2.45) is 5.92 Å². The maximum atomic E-state index is 12.7. The minimum atomic E-state index is 0.218. The summed E-state index contributed by atoms with van der Waals surface area (Å²) in [6, 6.07) is 8.21. The van der Waals surface area contributed by atoms with E-state index in [0.717, 1.165) is 44.8 Å². The highest BCUT2D eigenvalue weighted by Gasteiger charge is 2.28. The maximum Gasteiger partial charge on any atom is 0.225 e. The standard InChI is InChI=1S/C19H28N2O2/c1-23-18-8-6-7-17(15-18)20-13-9-16(10-14-20)19(22)21-11-4-2-3-5-12-21/h6-8,15-16H,2-5,9-14H2,1H3. The van der Waals surface area contributed by atoms with Crippen LogP contribution in [0.2, 0.25) is 0 Å². The number of likely N-dealkylation sites (tertiary alicyclic amines) is 1. The van der Waals surface area contributed by atoms with Crippen molar-refractivity contribution in [3.8, 4) is 5.75 Å². The van der Waals surface area contributed by atoms with Gasteiger partial charge < -0.3 is 14.5 Å². The molecule has 0 bridgehead atoms. The SMILES string of the molecule is COc1cccc(N2CCC(C(=O)N3CCCCCC3)CC2)c1. The lowest BCUT2D eigenvalue weighted by molar-refractivity contribution is -0.136. The Balaban J connectivity index is 1.56. The molecular formula is C19H28N2O2. The number of anilines is 1. The van der Waals surface area contributed by atoms with Crippen molar-refractivity contribution in [1.29, 1.82) is 0 Å². The second-order valence-corrected chi connectivity index (χ2v) is 6.70. The zero-order valence-electron chi connectivity index (χ0n) is 14.2. The fraction of sp³-hybridized carbons (Fsp3) is 0.632. The molecule has 1 amide bonds. The van der Waals surface area contributed by atoms with Crippen LogP contribution in [0.1, 0.15) is 38.5 Å². The molecule has 0 unspecified atom stereocenters. The second kappa shape index (κ2) is 7.71. The third kappa shape index (κ3) is 3.98. The number of rotatable bonds is 3. The van der Waals surface area contributed by atoms with Crippen LogP contribution in [0.25, 0.3) is 0 Å². The topological polar surface area (TPSA) is 32.8 Å². The molecule has 1 aromatic carbocycles. The molecule has 2 saturated heterocycles. The molecule has 0 N–H and O–H groups in total. The van der Waals surface area contributed by atoms with Gasteiger partial charge in [0.05, 0.1) is 7.11 Å². The number of carbonyl (C=O) groups excluding carboxylic acids is 1. The Morgan fingerprint density at radius 3 is 2.39 bits per heavy atom.